The molecule has 1 atom stereocenters. The molecule has 0 aromatic heterocycles. The van der Waals surface area contributed by atoms with E-state index in [0.717, 1.165) is 12.8 Å². The lowest BCUT2D eigenvalue weighted by Crippen LogP contribution is -2.31. The Kier molecular flexibility index (Phi) is 6.65. The van der Waals surface area contributed by atoms with Gasteiger partial charge in [-0.3, -0.25) is 4.79 Å². The van der Waals surface area contributed by atoms with Gasteiger partial charge >= 0.3 is 0 Å². The van der Waals surface area contributed by atoms with E-state index in [2.05, 4.69) is 18.7 Å². The number of carbonyl (C=O) groups excluding carboxylic acids is 1. The SMILES string of the molecule is CCCC(C)N(C)CCC(=O)c1c(F)cccc1OC. The Morgan fingerprint density at radius 3 is 2.75 bits per heavy atom. The van der Waals surface area contributed by atoms with Crippen molar-refractivity contribution in [2.24, 2.45) is 0 Å². The molecule has 4 heteroatoms. The molecule has 0 saturated carbocycles. The highest BCUT2D eigenvalue weighted by molar-refractivity contribution is 5.99. The maximum absolute atomic E-state index is 13.8. The minimum atomic E-state index is -0.515. The van der Waals surface area contributed by atoms with Gasteiger partial charge in [-0.15, -0.1) is 0 Å². The molecule has 0 fully saturated rings. The lowest BCUT2D eigenvalue weighted by atomic mass is 10.1. The maximum Gasteiger partial charge on any atom is 0.170 e. The van der Waals surface area contributed by atoms with E-state index < -0.39 is 5.82 Å². The molecule has 0 aliphatic heterocycles. The van der Waals surface area contributed by atoms with Crippen LogP contribution < -0.4 is 4.74 Å². The van der Waals surface area contributed by atoms with E-state index in [1.807, 2.05) is 7.05 Å². The molecule has 0 spiro atoms. The number of hydrogen-bond donors (Lipinski definition) is 0. The predicted octanol–water partition coefficient (Wildman–Crippen LogP) is 3.53. The van der Waals surface area contributed by atoms with Gasteiger partial charge in [0.1, 0.15) is 11.6 Å². The van der Waals surface area contributed by atoms with Crippen LogP contribution >= 0.6 is 0 Å². The van der Waals surface area contributed by atoms with Crippen molar-refractivity contribution in [1.82, 2.24) is 4.90 Å². The van der Waals surface area contributed by atoms with E-state index in [-0.39, 0.29) is 11.3 Å². The summed E-state index contributed by atoms with van der Waals surface area (Å²) in [5.74, 6) is -0.423. The maximum atomic E-state index is 13.8. The van der Waals surface area contributed by atoms with Gasteiger partial charge in [-0.1, -0.05) is 19.4 Å². The molecule has 1 aromatic carbocycles. The summed E-state index contributed by atoms with van der Waals surface area (Å²) in [6, 6.07) is 4.87. The van der Waals surface area contributed by atoms with Crippen molar-refractivity contribution in [3.63, 3.8) is 0 Å². The van der Waals surface area contributed by atoms with Crippen LogP contribution in [0, 0.1) is 5.82 Å². The molecule has 3 nitrogen and oxygen atoms in total. The van der Waals surface area contributed by atoms with Gasteiger partial charge in [0, 0.05) is 19.0 Å². The van der Waals surface area contributed by atoms with Crippen molar-refractivity contribution in [2.45, 2.75) is 39.2 Å². The standard InChI is InChI=1S/C16H24FNO2/c1-5-7-12(2)18(3)11-10-14(19)16-13(17)8-6-9-15(16)20-4/h6,8-9,12H,5,7,10-11H2,1-4H3. The molecule has 112 valence electrons. The molecule has 0 aliphatic carbocycles. The molecule has 0 bridgehead atoms. The van der Waals surface area contributed by atoms with E-state index in [0.29, 0.717) is 24.8 Å². The van der Waals surface area contributed by atoms with Crippen molar-refractivity contribution >= 4 is 5.78 Å². The summed E-state index contributed by atoms with van der Waals surface area (Å²) in [6.45, 7) is 4.90. The molecule has 0 radical (unpaired) electrons. The van der Waals surface area contributed by atoms with Crippen LogP contribution in [0.2, 0.25) is 0 Å². The first kappa shape index (κ1) is 16.6. The highest BCUT2D eigenvalue weighted by atomic mass is 19.1. The van der Waals surface area contributed by atoms with Crippen LogP contribution in [0.3, 0.4) is 0 Å². The summed E-state index contributed by atoms with van der Waals surface area (Å²) in [7, 11) is 3.44. The highest BCUT2D eigenvalue weighted by Gasteiger charge is 2.18. The number of nitrogens with zero attached hydrogens (tertiary/aromatic N) is 1. The fourth-order valence-electron chi connectivity index (χ4n) is 2.21. The number of ketones is 1. The normalized spacial score (nSPS) is 12.5. The number of halogens is 1. The van der Waals surface area contributed by atoms with Gasteiger partial charge in [0.05, 0.1) is 12.7 Å². The molecule has 1 unspecified atom stereocenters. The van der Waals surface area contributed by atoms with E-state index in [4.69, 9.17) is 4.74 Å². The number of hydrogen-bond acceptors (Lipinski definition) is 3. The number of rotatable bonds is 8. The quantitative estimate of drug-likeness (QED) is 0.683. The number of methoxy groups -OCH3 is 1. The third-order valence-electron chi connectivity index (χ3n) is 3.62. The largest absolute Gasteiger partial charge is 0.496 e. The summed E-state index contributed by atoms with van der Waals surface area (Å²) in [6.07, 6.45) is 2.50. The second-order valence-corrected chi connectivity index (χ2v) is 5.11. The lowest BCUT2D eigenvalue weighted by molar-refractivity contribution is 0.0954. The van der Waals surface area contributed by atoms with E-state index in [9.17, 15) is 9.18 Å². The van der Waals surface area contributed by atoms with Crippen LogP contribution in [0.4, 0.5) is 4.39 Å². The zero-order valence-corrected chi connectivity index (χ0v) is 12.8. The summed E-state index contributed by atoms with van der Waals surface area (Å²) >= 11 is 0. The molecular weight excluding hydrogens is 257 g/mol. The van der Waals surface area contributed by atoms with Crippen LogP contribution in [-0.4, -0.2) is 37.4 Å². The summed E-state index contributed by atoms with van der Waals surface area (Å²) in [5.41, 5.74) is 0.0616. The molecule has 0 aliphatic rings. The van der Waals surface area contributed by atoms with Gasteiger partial charge in [0.2, 0.25) is 0 Å². The van der Waals surface area contributed by atoms with Gasteiger partial charge in [0.15, 0.2) is 5.78 Å². The average molecular weight is 281 g/mol. The van der Waals surface area contributed by atoms with Crippen molar-refractivity contribution < 1.29 is 13.9 Å². The first-order valence-electron chi connectivity index (χ1n) is 7.07. The average Bonchev–Trinajstić information content (AvgIpc) is 2.44. The number of carbonyl (C=O) groups is 1. The fourth-order valence-corrected chi connectivity index (χ4v) is 2.21. The van der Waals surface area contributed by atoms with Crippen molar-refractivity contribution in [1.29, 1.82) is 0 Å². The molecular formula is C16H24FNO2. The van der Waals surface area contributed by atoms with Crippen LogP contribution in [0.15, 0.2) is 18.2 Å². The van der Waals surface area contributed by atoms with Crippen molar-refractivity contribution in [2.75, 3.05) is 20.7 Å². The monoisotopic (exact) mass is 281 g/mol. The van der Waals surface area contributed by atoms with Crippen molar-refractivity contribution in [3.05, 3.63) is 29.6 Å². The summed E-state index contributed by atoms with van der Waals surface area (Å²) in [4.78, 5) is 14.3. The molecule has 0 saturated heterocycles. The zero-order chi connectivity index (χ0) is 15.1. The molecule has 1 aromatic rings. The van der Waals surface area contributed by atoms with Gasteiger partial charge in [-0.2, -0.15) is 0 Å². The van der Waals surface area contributed by atoms with E-state index >= 15 is 0 Å². The lowest BCUT2D eigenvalue weighted by Gasteiger charge is -2.24. The van der Waals surface area contributed by atoms with Crippen LogP contribution in [0.5, 0.6) is 5.75 Å². The van der Waals surface area contributed by atoms with E-state index in [1.165, 1.54) is 13.2 Å². The van der Waals surface area contributed by atoms with Gasteiger partial charge in [0.25, 0.3) is 0 Å². The van der Waals surface area contributed by atoms with Crippen LogP contribution in [-0.2, 0) is 0 Å². The minimum absolute atomic E-state index is 0.0616. The number of Topliss-reactive ketones (excluding diaryl/α,β-unsaturated/α-hetero) is 1. The second-order valence-electron chi connectivity index (χ2n) is 5.11. The smallest absolute Gasteiger partial charge is 0.170 e. The minimum Gasteiger partial charge on any atom is -0.496 e. The van der Waals surface area contributed by atoms with Gasteiger partial charge in [-0.05, 0) is 32.5 Å². The Morgan fingerprint density at radius 2 is 2.15 bits per heavy atom. The third-order valence-corrected chi connectivity index (χ3v) is 3.62. The molecule has 0 heterocycles. The first-order chi connectivity index (χ1) is 9.51. The number of ether oxygens (including phenoxy) is 1. The Balaban J connectivity index is 2.68. The van der Waals surface area contributed by atoms with E-state index in [1.54, 1.807) is 12.1 Å². The van der Waals surface area contributed by atoms with Gasteiger partial charge < -0.3 is 9.64 Å². The predicted molar refractivity (Wildman–Crippen MR) is 78.9 cm³/mol. The third kappa shape index (κ3) is 4.30. The Labute approximate surface area is 120 Å². The summed E-state index contributed by atoms with van der Waals surface area (Å²) in [5, 5.41) is 0. The highest BCUT2D eigenvalue weighted by Crippen LogP contribution is 2.22. The molecule has 20 heavy (non-hydrogen) atoms. The summed E-state index contributed by atoms with van der Waals surface area (Å²) < 4.78 is 18.8. The van der Waals surface area contributed by atoms with Gasteiger partial charge in [-0.25, -0.2) is 4.39 Å². The zero-order valence-electron chi connectivity index (χ0n) is 12.8. The fraction of sp³-hybridized carbons (Fsp3) is 0.562. The second kappa shape index (κ2) is 8.00. The first-order valence-corrected chi connectivity index (χ1v) is 7.07. The number of benzene rings is 1. The van der Waals surface area contributed by atoms with Crippen molar-refractivity contribution in [3.8, 4) is 5.75 Å². The Bertz CT molecular complexity index is 448. The Hall–Kier alpha value is -1.42. The topological polar surface area (TPSA) is 29.5 Å². The Morgan fingerprint density at radius 1 is 1.45 bits per heavy atom. The van der Waals surface area contributed by atoms with Crippen LogP contribution in [0.25, 0.3) is 0 Å². The molecule has 1 rings (SSSR count). The molecule has 0 amide bonds. The van der Waals surface area contributed by atoms with Crippen LogP contribution in [0.1, 0.15) is 43.5 Å². The molecule has 0 N–H and O–H groups in total.